The lowest BCUT2D eigenvalue weighted by atomic mass is 10.0. The molecule has 2 atom stereocenters. The van der Waals surface area contributed by atoms with Crippen molar-refractivity contribution in [2.45, 2.75) is 206 Å². The van der Waals surface area contributed by atoms with Crippen molar-refractivity contribution in [3.63, 3.8) is 0 Å². The fraction of sp³-hybridized carbons (Fsp3) is 0.929. The summed E-state index contributed by atoms with van der Waals surface area (Å²) in [7, 11) is 5.95. The summed E-state index contributed by atoms with van der Waals surface area (Å²) >= 11 is 0. The predicted octanol–water partition coefficient (Wildman–Crippen LogP) is 10.6. The Bertz CT molecular complexity index is 815. The molecule has 0 aromatic carbocycles. The van der Waals surface area contributed by atoms with E-state index in [4.69, 9.17) is 18.9 Å². The first-order chi connectivity index (χ1) is 24.6. The molecule has 2 unspecified atom stereocenters. The first-order valence-corrected chi connectivity index (χ1v) is 21.2. The fourth-order valence-corrected chi connectivity index (χ4v) is 6.01. The lowest BCUT2D eigenvalue weighted by molar-refractivity contribution is -0.870. The van der Waals surface area contributed by atoms with Crippen LogP contribution in [0.4, 0.5) is 0 Å². The number of carbonyl (C=O) groups is 3. The van der Waals surface area contributed by atoms with Crippen LogP contribution in [0.2, 0.25) is 0 Å². The van der Waals surface area contributed by atoms with E-state index in [0.29, 0.717) is 17.4 Å². The molecular weight excluding hydrogens is 646 g/mol. The molecule has 0 bridgehead atoms. The smallest absolute Gasteiger partial charge is 0.361 e. The molecular formula is C42H82NO8+. The van der Waals surface area contributed by atoms with Crippen LogP contribution in [0.3, 0.4) is 0 Å². The molecule has 0 rings (SSSR count). The highest BCUT2D eigenvalue weighted by Crippen LogP contribution is 2.16. The van der Waals surface area contributed by atoms with Crippen molar-refractivity contribution in [3.8, 4) is 0 Å². The number of carboxylic acid groups (broad SMARTS) is 1. The molecule has 0 amide bonds. The first-order valence-electron chi connectivity index (χ1n) is 21.2. The van der Waals surface area contributed by atoms with Crippen molar-refractivity contribution in [2.75, 3.05) is 47.5 Å². The van der Waals surface area contributed by atoms with Gasteiger partial charge in [-0.3, -0.25) is 9.59 Å². The monoisotopic (exact) mass is 729 g/mol. The van der Waals surface area contributed by atoms with Crippen LogP contribution in [0.15, 0.2) is 0 Å². The summed E-state index contributed by atoms with van der Waals surface area (Å²) in [5.74, 6) is -2.01. The molecule has 0 heterocycles. The molecule has 0 aliphatic carbocycles. The van der Waals surface area contributed by atoms with Crippen molar-refractivity contribution in [1.29, 1.82) is 0 Å². The molecule has 0 aromatic rings. The van der Waals surface area contributed by atoms with Gasteiger partial charge in [0.2, 0.25) is 0 Å². The van der Waals surface area contributed by atoms with Crippen molar-refractivity contribution < 1.29 is 42.9 Å². The average molecular weight is 729 g/mol. The van der Waals surface area contributed by atoms with Gasteiger partial charge in [0.1, 0.15) is 13.2 Å². The SMILES string of the molecule is CCCCCCCCCCCCCCCCCCCCCCCC(=O)OC(COC(=O)CCCCCCC)COC(OCC[N+](C)(C)C)C(=O)O. The number of nitrogens with zero attached hydrogens (tertiary/aromatic N) is 1. The molecule has 9 nitrogen and oxygen atoms in total. The maximum absolute atomic E-state index is 12.7. The van der Waals surface area contributed by atoms with E-state index in [1.807, 2.05) is 21.1 Å². The molecule has 0 radical (unpaired) electrons. The number of esters is 2. The normalized spacial score (nSPS) is 12.9. The summed E-state index contributed by atoms with van der Waals surface area (Å²) in [5.41, 5.74) is 0. The Morgan fingerprint density at radius 3 is 1.25 bits per heavy atom. The van der Waals surface area contributed by atoms with Crippen LogP contribution in [-0.2, 0) is 33.3 Å². The highest BCUT2D eigenvalue weighted by atomic mass is 16.7. The van der Waals surface area contributed by atoms with E-state index in [9.17, 15) is 19.5 Å². The third-order valence-electron chi connectivity index (χ3n) is 9.36. The molecule has 0 fully saturated rings. The number of hydrogen-bond donors (Lipinski definition) is 1. The van der Waals surface area contributed by atoms with Gasteiger partial charge in [-0.2, -0.15) is 0 Å². The largest absolute Gasteiger partial charge is 0.477 e. The minimum Gasteiger partial charge on any atom is -0.477 e. The zero-order valence-electron chi connectivity index (χ0n) is 34.0. The first kappa shape index (κ1) is 49.3. The maximum atomic E-state index is 12.7. The zero-order valence-corrected chi connectivity index (χ0v) is 34.0. The highest BCUT2D eigenvalue weighted by Gasteiger charge is 2.25. The van der Waals surface area contributed by atoms with Gasteiger partial charge in [-0.1, -0.05) is 168 Å². The Hall–Kier alpha value is -1.71. The number of rotatable bonds is 39. The Morgan fingerprint density at radius 2 is 0.882 bits per heavy atom. The average Bonchev–Trinajstić information content (AvgIpc) is 3.08. The van der Waals surface area contributed by atoms with E-state index in [2.05, 4.69) is 13.8 Å². The summed E-state index contributed by atoms with van der Waals surface area (Å²) in [4.78, 5) is 36.7. The topological polar surface area (TPSA) is 108 Å². The molecule has 9 heteroatoms. The molecule has 0 spiro atoms. The molecule has 302 valence electrons. The summed E-state index contributed by atoms with van der Waals surface area (Å²) in [5, 5.41) is 9.56. The van der Waals surface area contributed by atoms with Crippen molar-refractivity contribution >= 4 is 17.9 Å². The second-order valence-electron chi connectivity index (χ2n) is 15.7. The predicted molar refractivity (Wildman–Crippen MR) is 208 cm³/mol. The Balaban J connectivity index is 4.17. The summed E-state index contributed by atoms with van der Waals surface area (Å²) < 4.78 is 22.5. The molecule has 0 saturated heterocycles. The maximum Gasteiger partial charge on any atom is 0.361 e. The van der Waals surface area contributed by atoms with Crippen LogP contribution < -0.4 is 0 Å². The lowest BCUT2D eigenvalue weighted by Gasteiger charge is -2.25. The standard InChI is InChI=1S/C42H81NO8/c1-6-8-10-12-13-14-15-16-17-18-19-20-21-22-23-24-25-26-27-29-31-33-40(45)51-38(36-49-39(44)32-30-28-11-9-7-2)37-50-42(41(46)47)48-35-34-43(3,4)5/h38,42H,6-37H2,1-5H3/p+1. The van der Waals surface area contributed by atoms with Gasteiger partial charge in [-0.05, 0) is 12.8 Å². The molecule has 0 saturated carbocycles. The second-order valence-corrected chi connectivity index (χ2v) is 15.7. The van der Waals surface area contributed by atoms with E-state index >= 15 is 0 Å². The van der Waals surface area contributed by atoms with Crippen LogP contribution in [0.5, 0.6) is 0 Å². The fourth-order valence-electron chi connectivity index (χ4n) is 6.01. The van der Waals surface area contributed by atoms with Gasteiger partial charge in [0.05, 0.1) is 34.4 Å². The van der Waals surface area contributed by atoms with Crippen molar-refractivity contribution in [3.05, 3.63) is 0 Å². The summed E-state index contributed by atoms with van der Waals surface area (Å²) in [6.07, 6.45) is 30.7. The molecule has 0 aromatic heterocycles. The Kier molecular flexibility index (Phi) is 34.1. The number of ether oxygens (including phenoxy) is 4. The number of unbranched alkanes of at least 4 members (excludes halogenated alkanes) is 24. The van der Waals surface area contributed by atoms with E-state index in [1.165, 1.54) is 116 Å². The minimum absolute atomic E-state index is 0.177. The number of quaternary nitrogens is 1. The third kappa shape index (κ3) is 36.4. The zero-order chi connectivity index (χ0) is 37.8. The molecule has 1 N–H and O–H groups in total. The Morgan fingerprint density at radius 1 is 0.510 bits per heavy atom. The number of likely N-dealkylation sites (N-methyl/N-ethyl adjacent to an activating group) is 1. The van der Waals surface area contributed by atoms with Gasteiger partial charge in [-0.15, -0.1) is 0 Å². The summed E-state index contributed by atoms with van der Waals surface area (Å²) in [6, 6.07) is 0. The Labute approximate surface area is 313 Å². The number of aliphatic carboxylic acids is 1. The van der Waals surface area contributed by atoms with Crippen LogP contribution in [0.1, 0.15) is 194 Å². The highest BCUT2D eigenvalue weighted by molar-refractivity contribution is 5.71. The van der Waals surface area contributed by atoms with Crippen LogP contribution in [0, 0.1) is 0 Å². The third-order valence-corrected chi connectivity index (χ3v) is 9.36. The van der Waals surface area contributed by atoms with E-state index < -0.39 is 24.3 Å². The lowest BCUT2D eigenvalue weighted by Crippen LogP contribution is -2.40. The van der Waals surface area contributed by atoms with E-state index in [-0.39, 0.29) is 32.2 Å². The van der Waals surface area contributed by atoms with E-state index in [1.54, 1.807) is 0 Å². The molecule has 0 aliphatic heterocycles. The van der Waals surface area contributed by atoms with Gasteiger partial charge < -0.3 is 28.5 Å². The number of hydrogen-bond acceptors (Lipinski definition) is 7. The van der Waals surface area contributed by atoms with Crippen molar-refractivity contribution in [1.82, 2.24) is 0 Å². The second kappa shape index (κ2) is 35.3. The van der Waals surface area contributed by atoms with Crippen LogP contribution in [0.25, 0.3) is 0 Å². The number of carboxylic acids is 1. The molecule has 51 heavy (non-hydrogen) atoms. The van der Waals surface area contributed by atoms with Gasteiger partial charge >= 0.3 is 17.9 Å². The van der Waals surface area contributed by atoms with Gasteiger partial charge in [0.15, 0.2) is 6.10 Å². The van der Waals surface area contributed by atoms with E-state index in [0.717, 1.165) is 51.4 Å². The van der Waals surface area contributed by atoms with Gasteiger partial charge in [-0.25, -0.2) is 4.79 Å². The quantitative estimate of drug-likeness (QED) is 0.0288. The van der Waals surface area contributed by atoms with Gasteiger partial charge in [0.25, 0.3) is 6.29 Å². The van der Waals surface area contributed by atoms with Crippen molar-refractivity contribution in [2.24, 2.45) is 0 Å². The summed E-state index contributed by atoms with van der Waals surface area (Å²) in [6.45, 7) is 4.80. The van der Waals surface area contributed by atoms with Gasteiger partial charge in [0, 0.05) is 12.8 Å². The van der Waals surface area contributed by atoms with Crippen LogP contribution in [-0.4, -0.2) is 87.4 Å². The van der Waals surface area contributed by atoms with Crippen LogP contribution >= 0.6 is 0 Å². The number of carbonyl (C=O) groups excluding carboxylic acids is 2. The molecule has 0 aliphatic rings. The minimum atomic E-state index is -1.50.